The van der Waals surface area contributed by atoms with Gasteiger partial charge in [0.25, 0.3) is 0 Å². The van der Waals surface area contributed by atoms with Crippen molar-refractivity contribution < 1.29 is 0 Å². The number of halogens is 2. The number of aromatic nitrogens is 2. The van der Waals surface area contributed by atoms with Gasteiger partial charge in [0.15, 0.2) is 0 Å². The average Bonchev–Trinajstić information content (AvgIpc) is 2.63. The maximum absolute atomic E-state index is 6.06. The highest BCUT2D eigenvalue weighted by Gasteiger charge is 2.14. The third-order valence-corrected chi connectivity index (χ3v) is 3.77. The summed E-state index contributed by atoms with van der Waals surface area (Å²) in [5, 5.41) is 5.96. The standard InChI is InChI=1S/C15H18Cl2N2/c1-4-14-13(15(5-2)19(3)18-14)8-10-6-11(16)9-12(17)7-10/h6-7,9H,4-5,8H2,1-3H3. The highest BCUT2D eigenvalue weighted by atomic mass is 35.5. The molecule has 2 aromatic rings. The first kappa shape index (κ1) is 14.4. The molecule has 2 rings (SSSR count). The third-order valence-electron chi connectivity index (χ3n) is 3.33. The van der Waals surface area contributed by atoms with Gasteiger partial charge in [-0.2, -0.15) is 5.10 Å². The minimum Gasteiger partial charge on any atom is -0.272 e. The molecule has 4 heteroatoms. The molecule has 0 amide bonds. The molecule has 1 aromatic carbocycles. The molecule has 1 aromatic heterocycles. The summed E-state index contributed by atoms with van der Waals surface area (Å²) in [7, 11) is 2.01. The lowest BCUT2D eigenvalue weighted by atomic mass is 10.0. The summed E-state index contributed by atoms with van der Waals surface area (Å²) >= 11 is 12.1. The normalized spacial score (nSPS) is 11.0. The maximum atomic E-state index is 6.06. The van der Waals surface area contributed by atoms with Gasteiger partial charge in [-0.15, -0.1) is 0 Å². The lowest BCUT2D eigenvalue weighted by Gasteiger charge is -2.06. The smallest absolute Gasteiger partial charge is 0.0660 e. The number of hydrogen-bond acceptors (Lipinski definition) is 1. The van der Waals surface area contributed by atoms with Crippen molar-refractivity contribution in [3.05, 3.63) is 50.8 Å². The summed E-state index contributed by atoms with van der Waals surface area (Å²) in [6, 6.07) is 5.70. The van der Waals surface area contributed by atoms with Gasteiger partial charge in [0, 0.05) is 34.8 Å². The van der Waals surface area contributed by atoms with Crippen molar-refractivity contribution in [2.75, 3.05) is 0 Å². The van der Waals surface area contributed by atoms with Gasteiger partial charge in [-0.3, -0.25) is 4.68 Å². The van der Waals surface area contributed by atoms with Gasteiger partial charge in [0.2, 0.25) is 0 Å². The minimum absolute atomic E-state index is 0.683. The van der Waals surface area contributed by atoms with Crippen LogP contribution in [0.1, 0.15) is 36.4 Å². The molecule has 0 N–H and O–H groups in total. The minimum atomic E-state index is 0.683. The lowest BCUT2D eigenvalue weighted by Crippen LogP contribution is -1.99. The second-order valence-corrected chi connectivity index (χ2v) is 5.53. The Morgan fingerprint density at radius 2 is 1.68 bits per heavy atom. The highest BCUT2D eigenvalue weighted by molar-refractivity contribution is 6.34. The zero-order chi connectivity index (χ0) is 14.0. The first-order valence-corrected chi connectivity index (χ1v) is 7.29. The van der Waals surface area contributed by atoms with Crippen LogP contribution >= 0.6 is 23.2 Å². The fourth-order valence-corrected chi connectivity index (χ4v) is 3.08. The lowest BCUT2D eigenvalue weighted by molar-refractivity contribution is 0.704. The van der Waals surface area contributed by atoms with Crippen molar-refractivity contribution in [1.29, 1.82) is 0 Å². The van der Waals surface area contributed by atoms with Crippen molar-refractivity contribution >= 4 is 23.2 Å². The molecule has 0 aliphatic heterocycles. The predicted octanol–water partition coefficient (Wildman–Crippen LogP) is 4.44. The molecule has 0 bridgehead atoms. The van der Waals surface area contributed by atoms with Gasteiger partial charge in [-0.25, -0.2) is 0 Å². The van der Waals surface area contributed by atoms with Crippen molar-refractivity contribution in [1.82, 2.24) is 9.78 Å². The van der Waals surface area contributed by atoms with E-state index in [0.29, 0.717) is 10.0 Å². The van der Waals surface area contributed by atoms with Crippen LogP contribution in [0.15, 0.2) is 18.2 Å². The second kappa shape index (κ2) is 5.98. The first-order valence-electron chi connectivity index (χ1n) is 6.53. The quantitative estimate of drug-likeness (QED) is 0.815. The zero-order valence-electron chi connectivity index (χ0n) is 11.5. The fraction of sp³-hybridized carbons (Fsp3) is 0.400. The zero-order valence-corrected chi connectivity index (χ0v) is 13.0. The van der Waals surface area contributed by atoms with Crippen molar-refractivity contribution in [3.63, 3.8) is 0 Å². The van der Waals surface area contributed by atoms with Crippen molar-refractivity contribution in [3.8, 4) is 0 Å². The summed E-state index contributed by atoms with van der Waals surface area (Å²) in [5.74, 6) is 0. The van der Waals surface area contributed by atoms with E-state index in [1.165, 1.54) is 11.3 Å². The predicted molar refractivity (Wildman–Crippen MR) is 81.2 cm³/mol. The molecule has 0 radical (unpaired) electrons. The number of benzene rings is 1. The third kappa shape index (κ3) is 3.13. The molecular formula is C15H18Cl2N2. The molecule has 102 valence electrons. The number of rotatable bonds is 4. The largest absolute Gasteiger partial charge is 0.272 e. The van der Waals surface area contributed by atoms with Crippen LogP contribution in [0.25, 0.3) is 0 Å². The first-order chi connectivity index (χ1) is 9.05. The Bertz CT molecular complexity index is 568. The van der Waals surface area contributed by atoms with Gasteiger partial charge in [-0.05, 0) is 36.6 Å². The Hall–Kier alpha value is -0.990. The van der Waals surface area contributed by atoms with Crippen molar-refractivity contribution in [2.45, 2.75) is 33.1 Å². The van der Waals surface area contributed by atoms with E-state index in [4.69, 9.17) is 23.2 Å². The van der Waals surface area contributed by atoms with Crippen LogP contribution in [-0.2, 0) is 26.3 Å². The molecular weight excluding hydrogens is 279 g/mol. The monoisotopic (exact) mass is 296 g/mol. The Labute approximate surface area is 124 Å². The van der Waals surface area contributed by atoms with Gasteiger partial charge < -0.3 is 0 Å². The summed E-state index contributed by atoms with van der Waals surface area (Å²) in [6.07, 6.45) is 2.76. The van der Waals surface area contributed by atoms with Crippen LogP contribution in [0.3, 0.4) is 0 Å². The summed E-state index contributed by atoms with van der Waals surface area (Å²) in [6.45, 7) is 4.29. The molecule has 19 heavy (non-hydrogen) atoms. The molecule has 1 heterocycles. The topological polar surface area (TPSA) is 17.8 Å². The SMILES string of the molecule is CCc1nn(C)c(CC)c1Cc1cc(Cl)cc(Cl)c1. The van der Waals surface area contributed by atoms with E-state index in [9.17, 15) is 0 Å². The molecule has 0 fully saturated rings. The van der Waals surface area contributed by atoms with E-state index < -0.39 is 0 Å². The van der Waals surface area contributed by atoms with E-state index in [2.05, 4.69) is 18.9 Å². The van der Waals surface area contributed by atoms with Gasteiger partial charge in [-0.1, -0.05) is 37.0 Å². The number of hydrogen-bond donors (Lipinski definition) is 0. The Morgan fingerprint density at radius 1 is 1.05 bits per heavy atom. The van der Waals surface area contributed by atoms with E-state index >= 15 is 0 Å². The summed E-state index contributed by atoms with van der Waals surface area (Å²) in [4.78, 5) is 0. The number of nitrogens with zero attached hydrogens (tertiary/aromatic N) is 2. The summed E-state index contributed by atoms with van der Waals surface area (Å²) in [5.41, 5.74) is 4.89. The molecule has 0 saturated carbocycles. The molecule has 2 nitrogen and oxygen atoms in total. The molecule has 0 unspecified atom stereocenters. The van der Waals surface area contributed by atoms with E-state index in [0.717, 1.165) is 30.5 Å². The highest BCUT2D eigenvalue weighted by Crippen LogP contribution is 2.24. The van der Waals surface area contributed by atoms with Gasteiger partial charge in [0.05, 0.1) is 5.69 Å². The molecule has 0 aliphatic carbocycles. The second-order valence-electron chi connectivity index (χ2n) is 4.66. The van der Waals surface area contributed by atoms with Crippen LogP contribution in [0.2, 0.25) is 10.0 Å². The number of aryl methyl sites for hydroxylation is 2. The van der Waals surface area contributed by atoms with Crippen LogP contribution in [0.4, 0.5) is 0 Å². The summed E-state index contributed by atoms with van der Waals surface area (Å²) < 4.78 is 1.99. The fourth-order valence-electron chi connectivity index (χ4n) is 2.51. The Kier molecular flexibility index (Phi) is 4.54. The van der Waals surface area contributed by atoms with Gasteiger partial charge in [0.1, 0.15) is 0 Å². The molecule has 0 atom stereocenters. The average molecular weight is 297 g/mol. The maximum Gasteiger partial charge on any atom is 0.0660 e. The van der Waals surface area contributed by atoms with Crippen LogP contribution in [0, 0.1) is 0 Å². The molecule has 0 saturated heterocycles. The van der Waals surface area contributed by atoms with Crippen molar-refractivity contribution in [2.24, 2.45) is 7.05 Å². The van der Waals surface area contributed by atoms with Crippen LogP contribution in [-0.4, -0.2) is 9.78 Å². The van der Waals surface area contributed by atoms with Crippen LogP contribution < -0.4 is 0 Å². The Morgan fingerprint density at radius 3 is 2.21 bits per heavy atom. The molecule has 0 spiro atoms. The Balaban J connectivity index is 2.42. The van der Waals surface area contributed by atoms with Gasteiger partial charge >= 0.3 is 0 Å². The van der Waals surface area contributed by atoms with Crippen LogP contribution in [0.5, 0.6) is 0 Å². The van der Waals surface area contributed by atoms with E-state index in [1.54, 1.807) is 6.07 Å². The van der Waals surface area contributed by atoms with E-state index in [-0.39, 0.29) is 0 Å². The molecule has 0 aliphatic rings. The van der Waals surface area contributed by atoms with E-state index in [1.807, 2.05) is 23.9 Å².